The summed E-state index contributed by atoms with van der Waals surface area (Å²) < 4.78 is 32.7. The Balaban J connectivity index is 0.00000176. The molecule has 0 atom stereocenters. The fourth-order valence-corrected chi connectivity index (χ4v) is 2.43. The lowest BCUT2D eigenvalue weighted by molar-refractivity contribution is 0.0691. The number of hydrogen-bond acceptors (Lipinski definition) is 4. The Kier molecular flexibility index (Phi) is 4.77. The van der Waals surface area contributed by atoms with Crippen molar-refractivity contribution in [3.8, 4) is 0 Å². The van der Waals surface area contributed by atoms with Gasteiger partial charge in [-0.3, -0.25) is 0 Å². The molecule has 118 valence electrons. The van der Waals surface area contributed by atoms with Crippen LogP contribution in [0.15, 0.2) is 18.2 Å². The number of halogens is 3. The number of nitrogens with zero attached hydrogens (tertiary/aromatic N) is 2. The van der Waals surface area contributed by atoms with Crippen LogP contribution in [0.4, 0.5) is 14.5 Å². The molecule has 1 saturated heterocycles. The van der Waals surface area contributed by atoms with Crippen LogP contribution in [0.2, 0.25) is 0 Å². The summed E-state index contributed by atoms with van der Waals surface area (Å²) in [5, 5.41) is 9.24. The Labute approximate surface area is 130 Å². The summed E-state index contributed by atoms with van der Waals surface area (Å²) in [5.74, 6) is -2.78. The van der Waals surface area contributed by atoms with Crippen LogP contribution in [-0.2, 0) is 4.74 Å². The summed E-state index contributed by atoms with van der Waals surface area (Å²) in [4.78, 5) is 16.8. The SMILES string of the molecule is Cl.O=C(O)c1cc(N2CCOCC2)c2c(F)cc(F)cc2n1. The Morgan fingerprint density at radius 1 is 1.23 bits per heavy atom. The van der Waals surface area contributed by atoms with Crippen molar-refractivity contribution in [1.29, 1.82) is 0 Å². The van der Waals surface area contributed by atoms with E-state index in [2.05, 4.69) is 4.98 Å². The van der Waals surface area contributed by atoms with Gasteiger partial charge in [-0.05, 0) is 6.07 Å². The van der Waals surface area contributed by atoms with E-state index in [-0.39, 0.29) is 29.0 Å². The number of pyridine rings is 1. The van der Waals surface area contributed by atoms with Gasteiger partial charge in [0.2, 0.25) is 0 Å². The second kappa shape index (κ2) is 6.41. The van der Waals surface area contributed by atoms with E-state index in [1.54, 1.807) is 0 Å². The molecule has 0 saturated carbocycles. The lowest BCUT2D eigenvalue weighted by Crippen LogP contribution is -2.36. The summed E-state index contributed by atoms with van der Waals surface area (Å²) in [7, 11) is 0. The minimum Gasteiger partial charge on any atom is -0.477 e. The van der Waals surface area contributed by atoms with Gasteiger partial charge in [-0.1, -0.05) is 0 Å². The monoisotopic (exact) mass is 330 g/mol. The highest BCUT2D eigenvalue weighted by atomic mass is 35.5. The van der Waals surface area contributed by atoms with Gasteiger partial charge in [0.1, 0.15) is 11.6 Å². The molecule has 1 aromatic heterocycles. The molecule has 8 heteroatoms. The number of carbonyl (C=O) groups is 1. The Morgan fingerprint density at radius 2 is 1.91 bits per heavy atom. The number of fused-ring (bicyclic) bond motifs is 1. The molecule has 1 aromatic carbocycles. The number of benzene rings is 1. The number of carboxylic acid groups (broad SMARTS) is 1. The van der Waals surface area contributed by atoms with Gasteiger partial charge in [0.15, 0.2) is 5.69 Å². The van der Waals surface area contributed by atoms with E-state index in [4.69, 9.17) is 9.84 Å². The quantitative estimate of drug-likeness (QED) is 0.916. The molecule has 0 unspecified atom stereocenters. The van der Waals surface area contributed by atoms with Crippen molar-refractivity contribution in [2.45, 2.75) is 0 Å². The van der Waals surface area contributed by atoms with Crippen molar-refractivity contribution in [1.82, 2.24) is 4.98 Å². The molecular formula is C14H13ClF2N2O3. The van der Waals surface area contributed by atoms with Crippen molar-refractivity contribution in [2.75, 3.05) is 31.2 Å². The van der Waals surface area contributed by atoms with Gasteiger partial charge in [-0.2, -0.15) is 0 Å². The third-order valence-corrected chi connectivity index (χ3v) is 3.38. The van der Waals surface area contributed by atoms with Crippen LogP contribution in [0.5, 0.6) is 0 Å². The first-order valence-electron chi connectivity index (χ1n) is 6.42. The van der Waals surface area contributed by atoms with Crippen LogP contribution in [0.1, 0.15) is 10.5 Å². The number of rotatable bonds is 2. The molecule has 1 N–H and O–H groups in total. The molecule has 0 aliphatic carbocycles. The summed E-state index contributed by atoms with van der Waals surface area (Å²) >= 11 is 0. The maximum Gasteiger partial charge on any atom is 0.354 e. The van der Waals surface area contributed by atoms with Gasteiger partial charge in [0.05, 0.1) is 29.8 Å². The van der Waals surface area contributed by atoms with Gasteiger partial charge >= 0.3 is 5.97 Å². The predicted octanol–water partition coefficient (Wildman–Crippen LogP) is 2.47. The largest absolute Gasteiger partial charge is 0.477 e. The Hall–Kier alpha value is -1.99. The highest BCUT2D eigenvalue weighted by Crippen LogP contribution is 2.30. The molecule has 0 amide bonds. The number of aromatic carboxylic acids is 1. The van der Waals surface area contributed by atoms with Crippen LogP contribution >= 0.6 is 12.4 Å². The van der Waals surface area contributed by atoms with E-state index in [0.717, 1.165) is 12.1 Å². The zero-order valence-electron chi connectivity index (χ0n) is 11.4. The molecule has 22 heavy (non-hydrogen) atoms. The summed E-state index contributed by atoms with van der Waals surface area (Å²) in [6, 6.07) is 3.13. The van der Waals surface area contributed by atoms with Crippen LogP contribution in [0, 0.1) is 11.6 Å². The summed E-state index contributed by atoms with van der Waals surface area (Å²) in [5.41, 5.74) is 0.154. The maximum absolute atomic E-state index is 14.1. The molecule has 0 radical (unpaired) electrons. The average Bonchev–Trinajstić information content (AvgIpc) is 2.46. The highest BCUT2D eigenvalue weighted by Gasteiger charge is 2.20. The Morgan fingerprint density at radius 3 is 2.55 bits per heavy atom. The zero-order chi connectivity index (χ0) is 15.0. The van der Waals surface area contributed by atoms with Crippen molar-refractivity contribution >= 4 is 35.0 Å². The first kappa shape index (κ1) is 16.4. The molecule has 2 aromatic rings. The number of morpholine rings is 1. The molecule has 2 heterocycles. The fourth-order valence-electron chi connectivity index (χ4n) is 2.43. The molecule has 3 rings (SSSR count). The second-order valence-corrected chi connectivity index (χ2v) is 4.71. The standard InChI is InChI=1S/C14H12F2N2O3.ClH/c15-8-5-9(16)13-10(6-8)17-11(14(19)20)7-12(13)18-1-3-21-4-2-18;/h5-7H,1-4H2,(H,19,20);1H. The van der Waals surface area contributed by atoms with Crippen molar-refractivity contribution in [3.63, 3.8) is 0 Å². The van der Waals surface area contributed by atoms with E-state index in [9.17, 15) is 13.6 Å². The van der Waals surface area contributed by atoms with Gasteiger partial charge in [0.25, 0.3) is 0 Å². The van der Waals surface area contributed by atoms with E-state index in [1.165, 1.54) is 6.07 Å². The van der Waals surface area contributed by atoms with E-state index in [0.29, 0.717) is 32.0 Å². The molecule has 1 aliphatic rings. The van der Waals surface area contributed by atoms with Crippen molar-refractivity contribution < 1.29 is 23.4 Å². The first-order chi connectivity index (χ1) is 10.1. The van der Waals surface area contributed by atoms with Crippen LogP contribution < -0.4 is 4.90 Å². The second-order valence-electron chi connectivity index (χ2n) is 4.71. The van der Waals surface area contributed by atoms with Gasteiger partial charge in [-0.25, -0.2) is 18.6 Å². The van der Waals surface area contributed by atoms with E-state index >= 15 is 0 Å². The topological polar surface area (TPSA) is 62.7 Å². The fraction of sp³-hybridized carbons (Fsp3) is 0.286. The molecule has 0 bridgehead atoms. The molecule has 1 fully saturated rings. The lowest BCUT2D eigenvalue weighted by Gasteiger charge is -2.30. The molecule has 0 spiro atoms. The minimum atomic E-state index is -1.24. The van der Waals surface area contributed by atoms with Crippen LogP contribution in [0.25, 0.3) is 10.9 Å². The third kappa shape index (κ3) is 2.95. The average molecular weight is 331 g/mol. The van der Waals surface area contributed by atoms with Crippen LogP contribution in [0.3, 0.4) is 0 Å². The summed E-state index contributed by atoms with van der Waals surface area (Å²) in [6.07, 6.45) is 0. The van der Waals surface area contributed by atoms with Crippen LogP contribution in [-0.4, -0.2) is 42.4 Å². The number of ether oxygens (including phenoxy) is 1. The number of aromatic nitrogens is 1. The number of hydrogen-bond donors (Lipinski definition) is 1. The number of carboxylic acids is 1. The van der Waals surface area contributed by atoms with Gasteiger partial charge in [-0.15, -0.1) is 12.4 Å². The Bertz CT molecular complexity index is 721. The van der Waals surface area contributed by atoms with Crippen molar-refractivity contribution in [2.24, 2.45) is 0 Å². The minimum absolute atomic E-state index is 0. The predicted molar refractivity (Wildman–Crippen MR) is 78.9 cm³/mol. The smallest absolute Gasteiger partial charge is 0.354 e. The van der Waals surface area contributed by atoms with E-state index in [1.807, 2.05) is 4.90 Å². The maximum atomic E-state index is 14.1. The highest BCUT2D eigenvalue weighted by molar-refractivity contribution is 5.97. The van der Waals surface area contributed by atoms with Crippen molar-refractivity contribution in [3.05, 3.63) is 35.5 Å². The molecular weight excluding hydrogens is 318 g/mol. The zero-order valence-corrected chi connectivity index (χ0v) is 12.2. The molecule has 1 aliphatic heterocycles. The third-order valence-electron chi connectivity index (χ3n) is 3.38. The lowest BCUT2D eigenvalue weighted by atomic mass is 10.1. The number of anilines is 1. The molecule has 5 nitrogen and oxygen atoms in total. The first-order valence-corrected chi connectivity index (χ1v) is 6.42. The van der Waals surface area contributed by atoms with Gasteiger partial charge in [0, 0.05) is 25.2 Å². The summed E-state index contributed by atoms with van der Waals surface area (Å²) in [6.45, 7) is 1.95. The van der Waals surface area contributed by atoms with Gasteiger partial charge < -0.3 is 14.7 Å². The van der Waals surface area contributed by atoms with E-state index < -0.39 is 17.6 Å². The normalized spacial score (nSPS) is 14.7.